The normalized spacial score (nSPS) is 24.1. The van der Waals surface area contributed by atoms with Crippen molar-refractivity contribution in [3.05, 3.63) is 29.8 Å². The first-order chi connectivity index (χ1) is 13.3. The van der Waals surface area contributed by atoms with Crippen LogP contribution in [0.25, 0.3) is 0 Å². The topological polar surface area (TPSA) is 97.4 Å². The number of esters is 3. The predicted octanol–water partition coefficient (Wildman–Crippen LogP) is 2.35. The van der Waals surface area contributed by atoms with Gasteiger partial charge in [-0.05, 0) is 17.7 Å². The van der Waals surface area contributed by atoms with Crippen LogP contribution in [0.4, 0.5) is 0 Å². The minimum absolute atomic E-state index is 0.130. The van der Waals surface area contributed by atoms with Gasteiger partial charge >= 0.3 is 17.9 Å². The summed E-state index contributed by atoms with van der Waals surface area (Å²) < 4.78 is 27.2. The van der Waals surface area contributed by atoms with Crippen molar-refractivity contribution in [1.82, 2.24) is 0 Å². The number of ether oxygens (including phenoxy) is 5. The highest BCUT2D eigenvalue weighted by Gasteiger charge is 2.44. The molecule has 1 aromatic carbocycles. The van der Waals surface area contributed by atoms with Crippen LogP contribution in [-0.2, 0) is 39.2 Å². The Bertz CT molecular complexity index is 690. The van der Waals surface area contributed by atoms with Crippen LogP contribution in [0, 0.1) is 0 Å². The van der Waals surface area contributed by atoms with Gasteiger partial charge in [0, 0.05) is 26.7 Å². The smallest absolute Gasteiger partial charge is 0.303 e. The van der Waals surface area contributed by atoms with E-state index in [1.165, 1.54) is 20.8 Å². The molecule has 1 aromatic rings. The summed E-state index contributed by atoms with van der Waals surface area (Å²) in [4.78, 5) is 34.2. The average Bonchev–Trinajstić information content (AvgIpc) is 2.62. The summed E-state index contributed by atoms with van der Waals surface area (Å²) in [6, 6.07) is 7.10. The third-order valence-corrected chi connectivity index (χ3v) is 4.21. The second-order valence-corrected chi connectivity index (χ2v) is 6.53. The Morgan fingerprint density at radius 1 is 1.04 bits per heavy atom. The molecule has 1 fully saturated rings. The summed E-state index contributed by atoms with van der Waals surface area (Å²) in [5, 5.41) is 0. The summed E-state index contributed by atoms with van der Waals surface area (Å²) in [5.74, 6) is -0.731. The largest absolute Gasteiger partial charge is 0.465 e. The van der Waals surface area contributed by atoms with E-state index >= 15 is 0 Å². The fraction of sp³-hybridized carbons (Fsp3) is 0.526. The number of hydrogen-bond acceptors (Lipinski definition) is 8. The van der Waals surface area contributed by atoms with Gasteiger partial charge in [-0.1, -0.05) is 12.1 Å². The lowest BCUT2D eigenvalue weighted by atomic mass is 10.0. The van der Waals surface area contributed by atoms with Crippen molar-refractivity contribution in [1.29, 1.82) is 0 Å². The number of halogens is 1. The van der Waals surface area contributed by atoms with E-state index in [1.807, 2.05) is 12.1 Å². The molecular formula is C19H23ClO8. The van der Waals surface area contributed by atoms with Crippen molar-refractivity contribution in [3.63, 3.8) is 0 Å². The standard InChI is InChI=1S/C19H23ClO8/c1-11(21)24-10-17-19(26-13(3)23)16(25-12(2)22)8-18(28-17)27-15-6-4-14(9-20)5-7-15/h4-7,16-19H,8-10H2,1-3H3/t16-,17-,18-,19-/m1/s1. The second-order valence-electron chi connectivity index (χ2n) is 6.26. The molecule has 1 saturated heterocycles. The molecule has 0 unspecified atom stereocenters. The lowest BCUT2D eigenvalue weighted by Crippen LogP contribution is -2.54. The van der Waals surface area contributed by atoms with Crippen LogP contribution in [0.1, 0.15) is 32.8 Å². The van der Waals surface area contributed by atoms with Gasteiger partial charge in [0.25, 0.3) is 0 Å². The Hall–Kier alpha value is -2.32. The van der Waals surface area contributed by atoms with Crippen LogP contribution in [0.3, 0.4) is 0 Å². The lowest BCUT2D eigenvalue weighted by molar-refractivity contribution is -0.245. The SMILES string of the molecule is CC(=O)OC[C@H]1O[C@@H](Oc2ccc(CCl)cc2)C[C@@H](OC(C)=O)[C@H]1OC(C)=O. The quantitative estimate of drug-likeness (QED) is 0.381. The molecule has 2 rings (SSSR count). The number of alkyl halides is 1. The molecule has 9 heteroatoms. The summed E-state index contributed by atoms with van der Waals surface area (Å²) in [5.41, 5.74) is 0.930. The monoisotopic (exact) mass is 414 g/mol. The molecule has 0 aliphatic carbocycles. The summed E-state index contributed by atoms with van der Waals surface area (Å²) >= 11 is 5.78. The molecule has 1 aliphatic heterocycles. The van der Waals surface area contributed by atoms with Crippen molar-refractivity contribution in [2.75, 3.05) is 6.61 Å². The maximum atomic E-state index is 11.5. The average molecular weight is 415 g/mol. The van der Waals surface area contributed by atoms with Crippen LogP contribution < -0.4 is 4.74 Å². The molecule has 0 saturated carbocycles. The zero-order valence-electron chi connectivity index (χ0n) is 15.9. The van der Waals surface area contributed by atoms with Gasteiger partial charge in [0.2, 0.25) is 6.29 Å². The van der Waals surface area contributed by atoms with Crippen LogP contribution in [0.15, 0.2) is 24.3 Å². The molecule has 8 nitrogen and oxygen atoms in total. The van der Waals surface area contributed by atoms with Crippen molar-refractivity contribution >= 4 is 29.5 Å². The fourth-order valence-electron chi connectivity index (χ4n) is 2.78. The van der Waals surface area contributed by atoms with Crippen molar-refractivity contribution in [2.24, 2.45) is 0 Å². The number of benzene rings is 1. The maximum absolute atomic E-state index is 11.5. The molecule has 0 radical (unpaired) electrons. The molecular weight excluding hydrogens is 392 g/mol. The number of hydrogen-bond donors (Lipinski definition) is 0. The van der Waals surface area contributed by atoms with E-state index < -0.39 is 42.5 Å². The van der Waals surface area contributed by atoms with Crippen molar-refractivity contribution < 1.29 is 38.1 Å². The van der Waals surface area contributed by atoms with Gasteiger partial charge in [-0.15, -0.1) is 11.6 Å². The third kappa shape index (κ3) is 6.69. The highest BCUT2D eigenvalue weighted by atomic mass is 35.5. The Kier molecular flexibility index (Phi) is 8.07. The summed E-state index contributed by atoms with van der Waals surface area (Å²) in [7, 11) is 0. The molecule has 0 amide bonds. The minimum Gasteiger partial charge on any atom is -0.465 e. The highest BCUT2D eigenvalue weighted by Crippen LogP contribution is 2.28. The fourth-order valence-corrected chi connectivity index (χ4v) is 2.96. The molecule has 4 atom stereocenters. The van der Waals surface area contributed by atoms with Crippen molar-refractivity contribution in [2.45, 2.75) is 57.7 Å². The zero-order chi connectivity index (χ0) is 20.7. The second kappa shape index (κ2) is 10.3. The highest BCUT2D eigenvalue weighted by molar-refractivity contribution is 6.17. The minimum atomic E-state index is -0.931. The molecule has 0 aromatic heterocycles. The summed E-state index contributed by atoms with van der Waals surface area (Å²) in [6.07, 6.45) is -3.29. The van der Waals surface area contributed by atoms with Crippen LogP contribution >= 0.6 is 11.6 Å². The van der Waals surface area contributed by atoms with Gasteiger partial charge in [0.15, 0.2) is 6.10 Å². The number of carbonyl (C=O) groups excluding carboxylic acids is 3. The van der Waals surface area contributed by atoms with Gasteiger partial charge in [-0.25, -0.2) is 0 Å². The van der Waals surface area contributed by atoms with Gasteiger partial charge in [-0.2, -0.15) is 0 Å². The first-order valence-corrected chi connectivity index (χ1v) is 9.26. The van der Waals surface area contributed by atoms with E-state index in [9.17, 15) is 14.4 Å². The zero-order valence-corrected chi connectivity index (χ0v) is 16.6. The Morgan fingerprint density at radius 2 is 1.68 bits per heavy atom. The summed E-state index contributed by atoms with van der Waals surface area (Å²) in [6.45, 7) is 3.55. The predicted molar refractivity (Wildman–Crippen MR) is 97.6 cm³/mol. The van der Waals surface area contributed by atoms with Gasteiger partial charge in [0.05, 0.1) is 6.42 Å². The van der Waals surface area contributed by atoms with E-state index in [0.29, 0.717) is 11.6 Å². The molecule has 1 heterocycles. The Labute approximate surface area is 168 Å². The van der Waals surface area contributed by atoms with Crippen molar-refractivity contribution in [3.8, 4) is 5.75 Å². The van der Waals surface area contributed by atoms with Crippen LogP contribution in [0.2, 0.25) is 0 Å². The van der Waals surface area contributed by atoms with E-state index in [2.05, 4.69) is 0 Å². The molecule has 0 N–H and O–H groups in total. The molecule has 1 aliphatic rings. The molecule has 0 bridgehead atoms. The molecule has 0 spiro atoms. The van der Waals surface area contributed by atoms with Gasteiger partial charge in [-0.3, -0.25) is 14.4 Å². The van der Waals surface area contributed by atoms with E-state index in [0.717, 1.165) is 5.56 Å². The number of carbonyl (C=O) groups is 3. The van der Waals surface area contributed by atoms with E-state index in [1.54, 1.807) is 12.1 Å². The first kappa shape index (κ1) is 22.0. The van der Waals surface area contributed by atoms with Gasteiger partial charge < -0.3 is 23.7 Å². The molecule has 154 valence electrons. The first-order valence-electron chi connectivity index (χ1n) is 8.73. The van der Waals surface area contributed by atoms with Crippen LogP contribution in [-0.4, -0.2) is 49.1 Å². The lowest BCUT2D eigenvalue weighted by Gasteiger charge is -2.39. The van der Waals surface area contributed by atoms with E-state index in [4.69, 9.17) is 35.3 Å². The van der Waals surface area contributed by atoms with E-state index in [-0.39, 0.29) is 13.0 Å². The van der Waals surface area contributed by atoms with Gasteiger partial charge in [0.1, 0.15) is 24.6 Å². The maximum Gasteiger partial charge on any atom is 0.303 e. The van der Waals surface area contributed by atoms with Crippen LogP contribution in [0.5, 0.6) is 5.75 Å². The Balaban J connectivity index is 2.18. The Morgan fingerprint density at radius 3 is 2.21 bits per heavy atom. The third-order valence-electron chi connectivity index (χ3n) is 3.90. The number of rotatable bonds is 7. The molecule has 28 heavy (non-hydrogen) atoms.